The molecule has 0 amide bonds. The van der Waals surface area contributed by atoms with Crippen LogP contribution in [0.3, 0.4) is 0 Å². The van der Waals surface area contributed by atoms with E-state index in [1.807, 2.05) is 27.7 Å². The van der Waals surface area contributed by atoms with Crippen LogP contribution in [0.1, 0.15) is 27.7 Å². The summed E-state index contributed by atoms with van der Waals surface area (Å²) in [5.74, 6) is 9.63. The van der Waals surface area contributed by atoms with E-state index in [-0.39, 0.29) is 38.3 Å². The Kier molecular flexibility index (Phi) is 16.2. The van der Waals surface area contributed by atoms with Crippen molar-refractivity contribution < 1.29 is 34.0 Å². The fraction of sp³-hybridized carbons (Fsp3) is 0.625. The second kappa shape index (κ2) is 16.2. The second-order valence-electron chi connectivity index (χ2n) is 4.93. The molecule has 0 saturated heterocycles. The molecule has 0 aromatic carbocycles. The van der Waals surface area contributed by atoms with Crippen LogP contribution in [-0.2, 0) is 14.2 Å². The van der Waals surface area contributed by atoms with Gasteiger partial charge in [0.1, 0.15) is 13.2 Å². The Morgan fingerprint density at radius 3 is 1.43 bits per heavy atom. The molecule has 2 N–H and O–H groups in total. The Morgan fingerprint density at radius 2 is 1.17 bits per heavy atom. The number of carbonyl (C=O) groups is 2. The Labute approximate surface area is 136 Å². The minimum absolute atomic E-state index is 0.180. The monoisotopic (exact) mass is 328 g/mol. The summed E-state index contributed by atoms with van der Waals surface area (Å²) < 4.78 is 13.5. The van der Waals surface area contributed by atoms with E-state index in [2.05, 4.69) is 37.9 Å². The maximum atomic E-state index is 10.9. The predicted molar refractivity (Wildman–Crippen MR) is 83.2 cm³/mol. The maximum absolute atomic E-state index is 10.9. The number of hydrogen-bond donors (Lipinski definition) is 2. The Morgan fingerprint density at radius 1 is 0.826 bits per heavy atom. The summed E-state index contributed by atoms with van der Waals surface area (Å²) >= 11 is 0. The van der Waals surface area contributed by atoms with Gasteiger partial charge in [-0.05, 0) is 23.7 Å². The highest BCUT2D eigenvalue weighted by atomic mass is 16.8. The first kappa shape index (κ1) is 23.1. The molecule has 0 unspecified atom stereocenters. The number of ether oxygens (including phenoxy) is 3. The highest BCUT2D eigenvalue weighted by Gasteiger charge is 2.13. The minimum Gasteiger partial charge on any atom is -0.434 e. The fourth-order valence-corrected chi connectivity index (χ4v) is 0.764. The lowest BCUT2D eigenvalue weighted by molar-refractivity contribution is 0.0281. The Balaban J connectivity index is 0. The summed E-state index contributed by atoms with van der Waals surface area (Å²) in [7, 11) is 0. The molecule has 0 aliphatic carbocycles. The van der Waals surface area contributed by atoms with E-state index in [1.165, 1.54) is 0 Å². The molecule has 0 bridgehead atoms. The van der Waals surface area contributed by atoms with Crippen LogP contribution in [0, 0.1) is 35.5 Å². The molecule has 0 aromatic heterocycles. The van der Waals surface area contributed by atoms with E-state index < -0.39 is 12.3 Å². The third-order valence-electron chi connectivity index (χ3n) is 1.63. The first-order chi connectivity index (χ1) is 10.8. The fourth-order valence-electron chi connectivity index (χ4n) is 0.764. The molecule has 7 nitrogen and oxygen atoms in total. The molecular formula is C16H24O7. The van der Waals surface area contributed by atoms with Crippen molar-refractivity contribution >= 4 is 12.3 Å². The van der Waals surface area contributed by atoms with Crippen molar-refractivity contribution in [1.82, 2.24) is 0 Å². The van der Waals surface area contributed by atoms with Gasteiger partial charge in [-0.3, -0.25) is 0 Å². The summed E-state index contributed by atoms with van der Waals surface area (Å²) in [5.41, 5.74) is 0. The molecule has 0 spiro atoms. The van der Waals surface area contributed by atoms with Gasteiger partial charge in [0.25, 0.3) is 0 Å². The van der Waals surface area contributed by atoms with Gasteiger partial charge in [0, 0.05) is 0 Å². The molecule has 0 radical (unpaired) electrons. The minimum atomic E-state index is -1.02. The zero-order chi connectivity index (χ0) is 18.1. The highest BCUT2D eigenvalue weighted by molar-refractivity contribution is 5.76. The van der Waals surface area contributed by atoms with Crippen LogP contribution in [0.25, 0.3) is 0 Å². The average Bonchev–Trinajstić information content (AvgIpc) is 2.48. The van der Waals surface area contributed by atoms with Crippen LogP contribution in [0.4, 0.5) is 9.59 Å². The predicted octanol–water partition coefficient (Wildman–Crippen LogP) is 1.57. The molecule has 0 aliphatic rings. The lowest BCUT2D eigenvalue weighted by atomic mass is 10.2. The van der Waals surface area contributed by atoms with Gasteiger partial charge in [-0.1, -0.05) is 39.5 Å². The third kappa shape index (κ3) is 22.2. The smallest absolute Gasteiger partial charge is 0.434 e. The molecule has 130 valence electrons. The highest BCUT2D eigenvalue weighted by Crippen LogP contribution is 1.98. The molecule has 0 heterocycles. The van der Waals surface area contributed by atoms with Crippen molar-refractivity contribution in [2.45, 2.75) is 27.7 Å². The Hall–Kier alpha value is -2.22. The van der Waals surface area contributed by atoms with Crippen LogP contribution in [0.2, 0.25) is 0 Å². The lowest BCUT2D eigenvalue weighted by Gasteiger charge is -2.08. The van der Waals surface area contributed by atoms with Crippen LogP contribution >= 0.6 is 0 Å². The molecule has 0 fully saturated rings. The largest absolute Gasteiger partial charge is 0.518 e. The zero-order valence-electron chi connectivity index (χ0n) is 13.9. The van der Waals surface area contributed by atoms with Gasteiger partial charge < -0.3 is 24.4 Å². The number of rotatable bonds is 4. The average molecular weight is 328 g/mol. The van der Waals surface area contributed by atoms with Crippen LogP contribution in [-0.4, -0.2) is 49.0 Å². The summed E-state index contributed by atoms with van der Waals surface area (Å²) in [5, 5.41) is 16.1. The van der Waals surface area contributed by atoms with Gasteiger partial charge in [-0.2, -0.15) is 0 Å². The van der Waals surface area contributed by atoms with Gasteiger partial charge in [0.15, 0.2) is 0 Å². The third-order valence-corrected chi connectivity index (χ3v) is 1.63. The molecule has 0 rings (SSSR count). The number of carbonyl (C=O) groups excluding carboxylic acids is 2. The van der Waals surface area contributed by atoms with Crippen molar-refractivity contribution in [3.05, 3.63) is 0 Å². The Bertz CT molecular complexity index is 405. The summed E-state index contributed by atoms with van der Waals surface area (Å²) in [4.78, 5) is 21.7. The number of aliphatic hydroxyl groups is 2. The van der Waals surface area contributed by atoms with Crippen molar-refractivity contribution in [2.24, 2.45) is 11.8 Å². The van der Waals surface area contributed by atoms with Crippen LogP contribution in [0.15, 0.2) is 0 Å². The normalized spacial score (nSPS) is 8.70. The molecule has 23 heavy (non-hydrogen) atoms. The van der Waals surface area contributed by atoms with E-state index in [4.69, 9.17) is 10.2 Å². The van der Waals surface area contributed by atoms with Crippen LogP contribution < -0.4 is 0 Å². The summed E-state index contributed by atoms with van der Waals surface area (Å²) in [6.45, 7) is 7.59. The van der Waals surface area contributed by atoms with Crippen molar-refractivity contribution in [3.63, 3.8) is 0 Å². The molecular weight excluding hydrogens is 304 g/mol. The summed E-state index contributed by atoms with van der Waals surface area (Å²) in [6.07, 6.45) is -2.03. The van der Waals surface area contributed by atoms with Gasteiger partial charge >= 0.3 is 12.3 Å². The second-order valence-corrected chi connectivity index (χ2v) is 4.93. The van der Waals surface area contributed by atoms with Crippen molar-refractivity contribution in [1.29, 1.82) is 0 Å². The van der Waals surface area contributed by atoms with E-state index in [9.17, 15) is 9.59 Å². The van der Waals surface area contributed by atoms with Crippen molar-refractivity contribution in [2.75, 3.05) is 26.4 Å². The zero-order valence-corrected chi connectivity index (χ0v) is 13.9. The van der Waals surface area contributed by atoms with E-state index in [1.54, 1.807) is 0 Å². The molecule has 0 aliphatic heterocycles. The van der Waals surface area contributed by atoms with Crippen molar-refractivity contribution in [3.8, 4) is 23.7 Å². The molecule has 0 saturated carbocycles. The number of hydrogen-bond acceptors (Lipinski definition) is 7. The number of aliphatic hydroxyl groups excluding tert-OH is 2. The van der Waals surface area contributed by atoms with E-state index in [0.29, 0.717) is 0 Å². The van der Waals surface area contributed by atoms with E-state index >= 15 is 0 Å². The van der Waals surface area contributed by atoms with Gasteiger partial charge in [-0.15, -0.1) is 0 Å². The molecule has 0 atom stereocenters. The van der Waals surface area contributed by atoms with Gasteiger partial charge in [0.05, 0.1) is 13.2 Å². The van der Waals surface area contributed by atoms with Gasteiger partial charge in [-0.25, -0.2) is 9.59 Å². The van der Waals surface area contributed by atoms with Crippen LogP contribution in [0.5, 0.6) is 0 Å². The topological polar surface area (TPSA) is 102 Å². The first-order valence-electron chi connectivity index (χ1n) is 7.02. The SMILES string of the molecule is CC(C)COC(=O)OC(=O)OCC(C)C.OCC#CC#CCO. The standard InChI is InChI=1S/C10H18O5.C6H6O2/c1-7(2)5-13-9(11)15-10(12)14-6-8(3)4;7-5-3-1-2-4-6-8/h7-8H,5-6H2,1-4H3;7-8H,5-6H2. The first-order valence-corrected chi connectivity index (χ1v) is 7.02. The lowest BCUT2D eigenvalue weighted by Crippen LogP contribution is -2.18. The molecule has 0 aromatic rings. The van der Waals surface area contributed by atoms with Gasteiger partial charge in [0.2, 0.25) is 0 Å². The quantitative estimate of drug-likeness (QED) is 0.459. The maximum Gasteiger partial charge on any atom is 0.518 e. The molecule has 7 heteroatoms. The summed E-state index contributed by atoms with van der Waals surface area (Å²) in [6, 6.07) is 0. The van der Waals surface area contributed by atoms with E-state index in [0.717, 1.165) is 0 Å².